The molecule has 0 spiro atoms. The topological polar surface area (TPSA) is 67.6 Å². The summed E-state index contributed by atoms with van der Waals surface area (Å²) in [6, 6.07) is 8.66. The van der Waals surface area contributed by atoms with Gasteiger partial charge in [0.25, 0.3) is 0 Å². The normalized spacial score (nSPS) is 19.8. The monoisotopic (exact) mass is 277 g/mol. The summed E-state index contributed by atoms with van der Waals surface area (Å²) >= 11 is 0. The lowest BCUT2D eigenvalue weighted by Crippen LogP contribution is -2.44. The van der Waals surface area contributed by atoms with Crippen LogP contribution in [0.4, 0.5) is 0 Å². The fourth-order valence-electron chi connectivity index (χ4n) is 2.51. The van der Waals surface area contributed by atoms with Gasteiger partial charge in [-0.3, -0.25) is 15.1 Å². The highest BCUT2D eigenvalue weighted by atomic mass is 16.5. The fraction of sp³-hybridized carbons (Fsp3) is 0.533. The van der Waals surface area contributed by atoms with Crippen LogP contribution >= 0.6 is 0 Å². The number of benzene rings is 1. The summed E-state index contributed by atoms with van der Waals surface area (Å²) in [7, 11) is 0. The minimum atomic E-state index is -0.169. The van der Waals surface area contributed by atoms with E-state index in [0.717, 1.165) is 38.3 Å². The number of hydrazine groups is 1. The highest BCUT2D eigenvalue weighted by Crippen LogP contribution is 2.15. The first-order valence-corrected chi connectivity index (χ1v) is 7.12. The van der Waals surface area contributed by atoms with Gasteiger partial charge in [-0.25, -0.2) is 5.84 Å². The van der Waals surface area contributed by atoms with Crippen LogP contribution < -0.4 is 11.3 Å². The van der Waals surface area contributed by atoms with Crippen LogP contribution in [0.2, 0.25) is 0 Å². The van der Waals surface area contributed by atoms with Crippen molar-refractivity contribution in [3.8, 4) is 0 Å². The number of carbonyl (C=O) groups is 1. The molecular formula is C15H23N3O2. The minimum absolute atomic E-state index is 0.169. The first-order valence-electron chi connectivity index (χ1n) is 7.12. The Hall–Kier alpha value is -1.43. The smallest absolute Gasteiger partial charge is 0.238 e. The van der Waals surface area contributed by atoms with E-state index in [4.69, 9.17) is 10.6 Å². The Bertz CT molecular complexity index is 433. The quantitative estimate of drug-likeness (QED) is 0.475. The maximum atomic E-state index is 11.2. The van der Waals surface area contributed by atoms with Crippen molar-refractivity contribution in [3.63, 3.8) is 0 Å². The van der Waals surface area contributed by atoms with E-state index in [1.807, 2.05) is 12.1 Å². The second-order valence-corrected chi connectivity index (χ2v) is 5.17. The van der Waals surface area contributed by atoms with Gasteiger partial charge < -0.3 is 4.74 Å². The Morgan fingerprint density at radius 1 is 1.40 bits per heavy atom. The number of nitrogens with two attached hydrogens (primary N) is 1. The Morgan fingerprint density at radius 2 is 2.10 bits per heavy atom. The number of morpholine rings is 1. The molecule has 5 nitrogen and oxygen atoms in total. The lowest BCUT2D eigenvalue weighted by atomic mass is 10.1. The van der Waals surface area contributed by atoms with Crippen LogP contribution in [0, 0.1) is 0 Å². The molecule has 1 aliphatic rings. The molecule has 1 fully saturated rings. The number of amides is 1. The predicted octanol–water partition coefficient (Wildman–Crippen LogP) is 0.830. The van der Waals surface area contributed by atoms with Crippen molar-refractivity contribution in [1.82, 2.24) is 10.3 Å². The maximum Gasteiger partial charge on any atom is 0.238 e. The Labute approximate surface area is 120 Å². The van der Waals surface area contributed by atoms with E-state index in [1.165, 1.54) is 5.56 Å². The number of nitrogens with one attached hydrogen (secondary N) is 1. The van der Waals surface area contributed by atoms with Crippen molar-refractivity contribution >= 4 is 5.91 Å². The fourth-order valence-corrected chi connectivity index (χ4v) is 2.51. The summed E-state index contributed by atoms with van der Waals surface area (Å²) in [6.07, 6.45) is 1.43. The molecule has 1 saturated heterocycles. The Kier molecular flexibility index (Phi) is 5.52. The second kappa shape index (κ2) is 7.38. The number of nitrogens with zero attached hydrogens (tertiary/aromatic N) is 1. The van der Waals surface area contributed by atoms with Gasteiger partial charge in [-0.05, 0) is 17.5 Å². The van der Waals surface area contributed by atoms with Crippen molar-refractivity contribution in [2.45, 2.75) is 32.4 Å². The van der Waals surface area contributed by atoms with Gasteiger partial charge in [0, 0.05) is 19.1 Å². The molecule has 0 radical (unpaired) electrons. The zero-order valence-electron chi connectivity index (χ0n) is 12.0. The number of hydrogen-bond donors (Lipinski definition) is 2. The standard InChI is InChI=1S/C15H23N3O2/c1-2-14-11-20-8-7-18(14)10-13-5-3-12(4-6-13)9-15(19)17-16/h3-6,14H,2,7-11,16H2,1H3,(H,17,19). The molecule has 3 N–H and O–H groups in total. The average Bonchev–Trinajstić information content (AvgIpc) is 2.49. The molecule has 1 aromatic rings. The molecular weight excluding hydrogens is 254 g/mol. The van der Waals surface area contributed by atoms with E-state index >= 15 is 0 Å². The molecule has 5 heteroatoms. The largest absolute Gasteiger partial charge is 0.378 e. The summed E-state index contributed by atoms with van der Waals surface area (Å²) in [4.78, 5) is 13.7. The van der Waals surface area contributed by atoms with Crippen LogP contribution in [0.3, 0.4) is 0 Å². The highest BCUT2D eigenvalue weighted by Gasteiger charge is 2.21. The van der Waals surface area contributed by atoms with E-state index in [2.05, 4.69) is 29.4 Å². The Balaban J connectivity index is 1.94. The number of rotatable bonds is 5. The third-order valence-corrected chi connectivity index (χ3v) is 3.76. The zero-order valence-corrected chi connectivity index (χ0v) is 12.0. The molecule has 0 bridgehead atoms. The van der Waals surface area contributed by atoms with Crippen molar-refractivity contribution in [2.75, 3.05) is 19.8 Å². The summed E-state index contributed by atoms with van der Waals surface area (Å²) in [5, 5.41) is 0. The van der Waals surface area contributed by atoms with Crippen molar-refractivity contribution in [3.05, 3.63) is 35.4 Å². The van der Waals surface area contributed by atoms with E-state index in [9.17, 15) is 4.79 Å². The molecule has 20 heavy (non-hydrogen) atoms. The maximum absolute atomic E-state index is 11.2. The van der Waals surface area contributed by atoms with E-state index in [-0.39, 0.29) is 5.91 Å². The van der Waals surface area contributed by atoms with E-state index in [1.54, 1.807) is 0 Å². The van der Waals surface area contributed by atoms with Gasteiger partial charge >= 0.3 is 0 Å². The third-order valence-electron chi connectivity index (χ3n) is 3.76. The third kappa shape index (κ3) is 4.03. The van der Waals surface area contributed by atoms with Crippen LogP contribution in [-0.2, 0) is 22.5 Å². The minimum Gasteiger partial charge on any atom is -0.378 e. The van der Waals surface area contributed by atoms with Crippen LogP contribution in [0.15, 0.2) is 24.3 Å². The molecule has 1 aliphatic heterocycles. The first-order chi connectivity index (χ1) is 9.72. The van der Waals surface area contributed by atoms with Crippen LogP contribution in [0.1, 0.15) is 24.5 Å². The summed E-state index contributed by atoms with van der Waals surface area (Å²) in [5.74, 6) is 4.92. The van der Waals surface area contributed by atoms with Gasteiger partial charge in [0.15, 0.2) is 0 Å². The lowest BCUT2D eigenvalue weighted by molar-refractivity contribution is -0.120. The van der Waals surface area contributed by atoms with Gasteiger partial charge in [-0.2, -0.15) is 0 Å². The Morgan fingerprint density at radius 3 is 2.75 bits per heavy atom. The van der Waals surface area contributed by atoms with Crippen LogP contribution in [-0.4, -0.2) is 36.6 Å². The molecule has 1 amide bonds. The van der Waals surface area contributed by atoms with Crippen LogP contribution in [0.5, 0.6) is 0 Å². The van der Waals surface area contributed by atoms with Crippen molar-refractivity contribution in [2.24, 2.45) is 5.84 Å². The molecule has 0 aliphatic carbocycles. The second-order valence-electron chi connectivity index (χ2n) is 5.17. The predicted molar refractivity (Wildman–Crippen MR) is 77.8 cm³/mol. The molecule has 1 unspecified atom stereocenters. The number of carbonyl (C=O) groups excluding carboxylic acids is 1. The number of ether oxygens (including phenoxy) is 1. The summed E-state index contributed by atoms with van der Waals surface area (Å²) in [5.41, 5.74) is 4.39. The van der Waals surface area contributed by atoms with E-state index in [0.29, 0.717) is 12.5 Å². The number of hydrogen-bond acceptors (Lipinski definition) is 4. The lowest BCUT2D eigenvalue weighted by Gasteiger charge is -2.35. The van der Waals surface area contributed by atoms with Crippen molar-refractivity contribution in [1.29, 1.82) is 0 Å². The summed E-state index contributed by atoms with van der Waals surface area (Å²) < 4.78 is 5.52. The van der Waals surface area contributed by atoms with Gasteiger partial charge in [0.05, 0.1) is 19.6 Å². The van der Waals surface area contributed by atoms with Gasteiger partial charge in [-0.1, -0.05) is 31.2 Å². The summed E-state index contributed by atoms with van der Waals surface area (Å²) in [6.45, 7) is 5.75. The average molecular weight is 277 g/mol. The molecule has 0 aromatic heterocycles. The zero-order chi connectivity index (χ0) is 14.4. The molecule has 2 rings (SSSR count). The molecule has 0 saturated carbocycles. The highest BCUT2D eigenvalue weighted by molar-refractivity contribution is 5.77. The first kappa shape index (κ1) is 15.0. The van der Waals surface area contributed by atoms with Gasteiger partial charge in [0.1, 0.15) is 0 Å². The van der Waals surface area contributed by atoms with Gasteiger partial charge in [-0.15, -0.1) is 0 Å². The van der Waals surface area contributed by atoms with Crippen molar-refractivity contribution < 1.29 is 9.53 Å². The van der Waals surface area contributed by atoms with Gasteiger partial charge in [0.2, 0.25) is 5.91 Å². The SMILES string of the molecule is CCC1COCCN1Cc1ccc(CC(=O)NN)cc1. The van der Waals surface area contributed by atoms with E-state index < -0.39 is 0 Å². The molecule has 1 atom stereocenters. The van der Waals surface area contributed by atoms with Crippen LogP contribution in [0.25, 0.3) is 0 Å². The molecule has 1 heterocycles. The molecule has 110 valence electrons. The molecule has 1 aromatic carbocycles.